The number of nitrogens with zero attached hydrogens (tertiary/aromatic N) is 3. The minimum Gasteiger partial charge on any atom is -0.291 e. The molecule has 0 amide bonds. The van der Waals surface area contributed by atoms with Crippen LogP contribution in [-0.2, 0) is 0 Å². The predicted molar refractivity (Wildman–Crippen MR) is 65.2 cm³/mol. The average molecular weight is 207 g/mol. The predicted octanol–water partition coefficient (Wildman–Crippen LogP) is 3.40. The summed E-state index contributed by atoms with van der Waals surface area (Å²) < 4.78 is 1.94. The Morgan fingerprint density at radius 1 is 1.00 bits per heavy atom. The maximum absolute atomic E-state index is 4.21. The molecule has 3 nitrogen and oxygen atoms in total. The summed E-state index contributed by atoms with van der Waals surface area (Å²) in [5.74, 6) is 0.771. The molecular formula is C12H21N3. The summed E-state index contributed by atoms with van der Waals surface area (Å²) in [6.45, 7) is 12.0. The highest BCUT2D eigenvalue weighted by atomic mass is 15.1. The van der Waals surface area contributed by atoms with Crippen molar-refractivity contribution in [3.63, 3.8) is 0 Å². The van der Waals surface area contributed by atoms with Crippen LogP contribution in [0.1, 0.15) is 39.0 Å². The molecule has 3 heteroatoms. The van der Waals surface area contributed by atoms with E-state index in [1.165, 1.54) is 0 Å². The van der Waals surface area contributed by atoms with E-state index >= 15 is 0 Å². The summed E-state index contributed by atoms with van der Waals surface area (Å²) >= 11 is 0. The second kappa shape index (κ2) is 6.98. The Labute approximate surface area is 92.2 Å². The lowest BCUT2D eigenvalue weighted by molar-refractivity contribution is 1.08. The van der Waals surface area contributed by atoms with E-state index in [1.807, 2.05) is 64.5 Å². The standard InChI is InChI=1S/C8H9N3.2C2H6/c1-6-3-9-8-10-7(2)5-11(8)4-6;2*1-2/h3-5H,1-2H3;2*1-2H3. The third kappa shape index (κ3) is 3.70. The van der Waals surface area contributed by atoms with Crippen molar-refractivity contribution < 1.29 is 0 Å². The fourth-order valence-corrected chi connectivity index (χ4v) is 1.11. The second-order valence-electron chi connectivity index (χ2n) is 2.72. The zero-order valence-electron chi connectivity index (χ0n) is 10.6. The molecule has 0 aromatic carbocycles. The first-order valence-electron chi connectivity index (χ1n) is 5.54. The summed E-state index contributed by atoms with van der Waals surface area (Å²) in [5.41, 5.74) is 2.15. The minimum atomic E-state index is 0.771. The molecule has 2 aromatic rings. The summed E-state index contributed by atoms with van der Waals surface area (Å²) in [6, 6.07) is 0. The lowest BCUT2D eigenvalue weighted by Crippen LogP contribution is -1.87. The van der Waals surface area contributed by atoms with Crippen molar-refractivity contribution in [2.75, 3.05) is 0 Å². The fraction of sp³-hybridized carbons (Fsp3) is 0.500. The van der Waals surface area contributed by atoms with E-state index in [-0.39, 0.29) is 0 Å². The smallest absolute Gasteiger partial charge is 0.233 e. The molecule has 0 radical (unpaired) electrons. The van der Waals surface area contributed by atoms with Gasteiger partial charge in [-0.3, -0.25) is 4.40 Å². The van der Waals surface area contributed by atoms with Gasteiger partial charge >= 0.3 is 0 Å². The van der Waals surface area contributed by atoms with Crippen LogP contribution in [-0.4, -0.2) is 14.4 Å². The Balaban J connectivity index is 0.000000442. The molecule has 0 saturated carbocycles. The number of imidazole rings is 1. The topological polar surface area (TPSA) is 30.2 Å². The molecule has 2 heterocycles. The molecular weight excluding hydrogens is 186 g/mol. The van der Waals surface area contributed by atoms with E-state index in [1.54, 1.807) is 0 Å². The molecule has 0 aliphatic heterocycles. The van der Waals surface area contributed by atoms with Gasteiger partial charge in [0.25, 0.3) is 0 Å². The Kier molecular flexibility index (Phi) is 6.34. The van der Waals surface area contributed by atoms with E-state index in [9.17, 15) is 0 Å². The third-order valence-corrected chi connectivity index (χ3v) is 1.56. The van der Waals surface area contributed by atoms with Gasteiger partial charge in [0.15, 0.2) is 0 Å². The van der Waals surface area contributed by atoms with Gasteiger partial charge < -0.3 is 0 Å². The number of fused-ring (bicyclic) bond motifs is 1. The van der Waals surface area contributed by atoms with Gasteiger partial charge in [-0.1, -0.05) is 27.7 Å². The van der Waals surface area contributed by atoms with Crippen LogP contribution in [0.4, 0.5) is 0 Å². The molecule has 0 spiro atoms. The number of hydrogen-bond acceptors (Lipinski definition) is 2. The summed E-state index contributed by atoms with van der Waals surface area (Å²) in [7, 11) is 0. The van der Waals surface area contributed by atoms with Crippen molar-refractivity contribution in [1.82, 2.24) is 14.4 Å². The summed E-state index contributed by atoms with van der Waals surface area (Å²) in [6.07, 6.45) is 5.80. The zero-order chi connectivity index (χ0) is 11.8. The van der Waals surface area contributed by atoms with Gasteiger partial charge in [-0.15, -0.1) is 0 Å². The number of hydrogen-bond donors (Lipinski definition) is 0. The van der Waals surface area contributed by atoms with Gasteiger partial charge in [0.05, 0.1) is 5.69 Å². The van der Waals surface area contributed by atoms with Crippen LogP contribution in [0.25, 0.3) is 5.78 Å². The van der Waals surface area contributed by atoms with Gasteiger partial charge in [-0.25, -0.2) is 9.97 Å². The van der Waals surface area contributed by atoms with Crippen LogP contribution in [0.2, 0.25) is 0 Å². The molecule has 0 fully saturated rings. The van der Waals surface area contributed by atoms with Gasteiger partial charge in [-0.2, -0.15) is 0 Å². The highest BCUT2D eigenvalue weighted by Crippen LogP contribution is 2.02. The molecule has 0 aliphatic rings. The first kappa shape index (κ1) is 13.6. The molecule has 0 aliphatic carbocycles. The molecule has 0 unspecified atom stereocenters. The van der Waals surface area contributed by atoms with Gasteiger partial charge in [0, 0.05) is 18.6 Å². The first-order chi connectivity index (χ1) is 7.25. The van der Waals surface area contributed by atoms with Crippen LogP contribution in [0.3, 0.4) is 0 Å². The van der Waals surface area contributed by atoms with Crippen molar-refractivity contribution in [3.05, 3.63) is 29.8 Å². The molecule has 84 valence electrons. The SMILES string of the molecule is CC.CC.Cc1cnc2nc(C)cn2c1. The fourth-order valence-electron chi connectivity index (χ4n) is 1.11. The van der Waals surface area contributed by atoms with E-state index in [4.69, 9.17) is 0 Å². The van der Waals surface area contributed by atoms with Crippen molar-refractivity contribution in [3.8, 4) is 0 Å². The van der Waals surface area contributed by atoms with Crippen molar-refractivity contribution >= 4 is 5.78 Å². The third-order valence-electron chi connectivity index (χ3n) is 1.56. The van der Waals surface area contributed by atoms with Crippen LogP contribution in [0.15, 0.2) is 18.6 Å². The van der Waals surface area contributed by atoms with Crippen LogP contribution in [0, 0.1) is 13.8 Å². The van der Waals surface area contributed by atoms with Crippen molar-refractivity contribution in [1.29, 1.82) is 0 Å². The highest BCUT2D eigenvalue weighted by molar-refractivity contribution is 5.30. The number of rotatable bonds is 0. The normalized spacial score (nSPS) is 8.67. The van der Waals surface area contributed by atoms with Gasteiger partial charge in [0.1, 0.15) is 0 Å². The summed E-state index contributed by atoms with van der Waals surface area (Å²) in [4.78, 5) is 8.36. The van der Waals surface area contributed by atoms with E-state index in [2.05, 4.69) is 9.97 Å². The zero-order valence-corrected chi connectivity index (χ0v) is 10.6. The lowest BCUT2D eigenvalue weighted by Gasteiger charge is -1.91. The van der Waals surface area contributed by atoms with Crippen LogP contribution in [0.5, 0.6) is 0 Å². The maximum atomic E-state index is 4.21. The first-order valence-corrected chi connectivity index (χ1v) is 5.54. The monoisotopic (exact) mass is 207 g/mol. The van der Waals surface area contributed by atoms with Crippen molar-refractivity contribution in [2.45, 2.75) is 41.5 Å². The average Bonchev–Trinajstić information content (AvgIpc) is 2.63. The van der Waals surface area contributed by atoms with Crippen LogP contribution < -0.4 is 0 Å². The molecule has 0 atom stereocenters. The summed E-state index contributed by atoms with van der Waals surface area (Å²) in [5, 5.41) is 0. The molecule has 2 rings (SSSR count). The van der Waals surface area contributed by atoms with E-state index in [0.717, 1.165) is 17.0 Å². The highest BCUT2D eigenvalue weighted by Gasteiger charge is 1.96. The Morgan fingerprint density at radius 2 is 1.60 bits per heavy atom. The minimum absolute atomic E-state index is 0.771. The quantitative estimate of drug-likeness (QED) is 0.662. The number of aryl methyl sites for hydroxylation is 2. The maximum Gasteiger partial charge on any atom is 0.233 e. The Hall–Kier alpha value is -1.38. The Morgan fingerprint density at radius 3 is 2.20 bits per heavy atom. The molecule has 0 bridgehead atoms. The van der Waals surface area contributed by atoms with Crippen LogP contribution >= 0.6 is 0 Å². The van der Waals surface area contributed by atoms with E-state index < -0.39 is 0 Å². The van der Waals surface area contributed by atoms with E-state index in [0.29, 0.717) is 0 Å². The molecule has 0 saturated heterocycles. The molecule has 15 heavy (non-hydrogen) atoms. The second-order valence-corrected chi connectivity index (χ2v) is 2.72. The lowest BCUT2D eigenvalue weighted by atomic mass is 10.4. The molecule has 0 N–H and O–H groups in total. The molecule has 2 aromatic heterocycles. The van der Waals surface area contributed by atoms with Gasteiger partial charge in [-0.05, 0) is 19.4 Å². The number of aromatic nitrogens is 3. The largest absolute Gasteiger partial charge is 0.291 e. The van der Waals surface area contributed by atoms with Gasteiger partial charge in [0.2, 0.25) is 5.78 Å². The van der Waals surface area contributed by atoms with Crippen molar-refractivity contribution in [2.24, 2.45) is 0 Å². The Bertz CT molecular complexity index is 391.